The standard InChI is InChI=1S/C20H21F4N3O2/c21-13-9-15(23)14(22)7-11(13)6-12(25)8-18(28)27-5-1-2-16(27)19-26-17(10-29-19)20(24)3-4-20/h7,9-10,12,16H,1-6,8,25H2/t12-,16+/m1/s1. The topological polar surface area (TPSA) is 72.4 Å². The molecule has 4 rings (SSSR count). The van der Waals surface area contributed by atoms with Crippen molar-refractivity contribution in [3.63, 3.8) is 0 Å². The van der Waals surface area contributed by atoms with E-state index < -0.39 is 35.2 Å². The molecule has 2 aromatic rings. The fraction of sp³-hybridized carbons (Fsp3) is 0.500. The van der Waals surface area contributed by atoms with Crippen molar-refractivity contribution in [2.75, 3.05) is 6.54 Å². The van der Waals surface area contributed by atoms with Crippen molar-refractivity contribution in [2.45, 2.75) is 56.3 Å². The molecular formula is C20H21F4N3O2. The zero-order chi connectivity index (χ0) is 20.8. The number of nitrogens with two attached hydrogens (primary N) is 1. The minimum absolute atomic E-state index is 0.0859. The summed E-state index contributed by atoms with van der Waals surface area (Å²) < 4.78 is 59.8. The summed E-state index contributed by atoms with van der Waals surface area (Å²) in [5, 5.41) is 0. The minimum Gasteiger partial charge on any atom is -0.446 e. The van der Waals surface area contributed by atoms with Gasteiger partial charge in [0.25, 0.3) is 0 Å². The first-order valence-electron chi connectivity index (χ1n) is 9.60. The first kappa shape index (κ1) is 19.9. The molecular weight excluding hydrogens is 390 g/mol. The van der Waals surface area contributed by atoms with E-state index in [4.69, 9.17) is 10.2 Å². The monoisotopic (exact) mass is 411 g/mol. The van der Waals surface area contributed by atoms with Gasteiger partial charge < -0.3 is 15.1 Å². The minimum atomic E-state index is -1.41. The van der Waals surface area contributed by atoms with Gasteiger partial charge in [-0.05, 0) is 43.7 Å². The molecule has 156 valence electrons. The van der Waals surface area contributed by atoms with E-state index in [1.54, 1.807) is 4.90 Å². The predicted molar refractivity (Wildman–Crippen MR) is 94.8 cm³/mol. The summed E-state index contributed by atoms with van der Waals surface area (Å²) in [7, 11) is 0. The number of oxazole rings is 1. The van der Waals surface area contributed by atoms with Gasteiger partial charge in [-0.15, -0.1) is 0 Å². The smallest absolute Gasteiger partial charge is 0.224 e. The van der Waals surface area contributed by atoms with Crippen LogP contribution in [0, 0.1) is 17.5 Å². The number of amides is 1. The maximum atomic E-state index is 14.2. The molecule has 2 heterocycles. The number of likely N-dealkylation sites (tertiary alicyclic amines) is 1. The summed E-state index contributed by atoms with van der Waals surface area (Å²) in [5.74, 6) is -3.32. The molecule has 1 saturated heterocycles. The van der Waals surface area contributed by atoms with Crippen LogP contribution in [0.25, 0.3) is 0 Å². The van der Waals surface area contributed by atoms with E-state index in [1.165, 1.54) is 6.26 Å². The van der Waals surface area contributed by atoms with Gasteiger partial charge in [-0.3, -0.25) is 4.79 Å². The lowest BCUT2D eigenvalue weighted by Crippen LogP contribution is -2.36. The molecule has 2 fully saturated rings. The number of carbonyl (C=O) groups excluding carboxylic acids is 1. The second kappa shape index (κ2) is 7.44. The Morgan fingerprint density at radius 2 is 2.00 bits per heavy atom. The van der Waals surface area contributed by atoms with Gasteiger partial charge in [0.15, 0.2) is 17.3 Å². The summed E-state index contributed by atoms with van der Waals surface area (Å²) in [5.41, 5.74) is 4.73. The third-order valence-corrected chi connectivity index (χ3v) is 5.54. The summed E-state index contributed by atoms with van der Waals surface area (Å²) >= 11 is 0. The lowest BCUT2D eigenvalue weighted by molar-refractivity contribution is -0.132. The highest BCUT2D eigenvalue weighted by molar-refractivity contribution is 5.77. The number of halogens is 4. The zero-order valence-corrected chi connectivity index (χ0v) is 15.6. The molecule has 1 aliphatic heterocycles. The molecule has 29 heavy (non-hydrogen) atoms. The molecule has 1 aromatic heterocycles. The fourth-order valence-electron chi connectivity index (χ4n) is 3.75. The first-order chi connectivity index (χ1) is 13.8. The van der Waals surface area contributed by atoms with Crippen molar-refractivity contribution in [1.82, 2.24) is 9.88 Å². The summed E-state index contributed by atoms with van der Waals surface area (Å²) in [6.45, 7) is 0.480. The highest BCUT2D eigenvalue weighted by Crippen LogP contribution is 2.49. The third kappa shape index (κ3) is 4.01. The summed E-state index contributed by atoms with van der Waals surface area (Å²) in [4.78, 5) is 18.5. The number of carbonyl (C=O) groups is 1. The molecule has 1 aliphatic carbocycles. The number of alkyl halides is 1. The van der Waals surface area contributed by atoms with E-state index in [9.17, 15) is 22.4 Å². The molecule has 2 aliphatic rings. The molecule has 1 aromatic carbocycles. The summed E-state index contributed by atoms with van der Waals surface area (Å²) in [6, 6.07) is 0.0506. The van der Waals surface area contributed by atoms with Crippen LogP contribution in [-0.4, -0.2) is 28.4 Å². The average molecular weight is 411 g/mol. The number of hydrogen-bond acceptors (Lipinski definition) is 4. The van der Waals surface area contributed by atoms with E-state index in [-0.39, 0.29) is 30.0 Å². The van der Waals surface area contributed by atoms with E-state index in [0.717, 1.165) is 12.5 Å². The number of rotatable bonds is 6. The molecule has 5 nitrogen and oxygen atoms in total. The Morgan fingerprint density at radius 1 is 1.28 bits per heavy atom. The lowest BCUT2D eigenvalue weighted by Gasteiger charge is -2.24. The molecule has 2 atom stereocenters. The van der Waals surface area contributed by atoms with Gasteiger partial charge in [-0.2, -0.15) is 0 Å². The Balaban J connectivity index is 1.41. The maximum absolute atomic E-state index is 14.2. The predicted octanol–water partition coefficient (Wildman–Crippen LogP) is 3.67. The second-order valence-corrected chi connectivity index (χ2v) is 7.81. The largest absolute Gasteiger partial charge is 0.446 e. The van der Waals surface area contributed by atoms with E-state index in [0.29, 0.717) is 37.8 Å². The molecule has 0 radical (unpaired) electrons. The van der Waals surface area contributed by atoms with Gasteiger partial charge in [-0.1, -0.05) is 0 Å². The van der Waals surface area contributed by atoms with Crippen molar-refractivity contribution in [2.24, 2.45) is 5.73 Å². The number of benzene rings is 1. The average Bonchev–Trinajstić information content (AvgIpc) is 3.10. The van der Waals surface area contributed by atoms with Crippen molar-refractivity contribution in [3.05, 3.63) is 53.0 Å². The normalized spacial score (nSPS) is 21.4. The van der Waals surface area contributed by atoms with Gasteiger partial charge >= 0.3 is 0 Å². The van der Waals surface area contributed by atoms with Crippen LogP contribution >= 0.6 is 0 Å². The van der Waals surface area contributed by atoms with E-state index >= 15 is 0 Å². The molecule has 1 amide bonds. The van der Waals surface area contributed by atoms with Gasteiger partial charge in [0, 0.05) is 25.1 Å². The van der Waals surface area contributed by atoms with Gasteiger partial charge in [0.05, 0.1) is 0 Å². The van der Waals surface area contributed by atoms with E-state index in [1.807, 2.05) is 0 Å². The van der Waals surface area contributed by atoms with Crippen LogP contribution in [0.1, 0.15) is 55.3 Å². The molecule has 0 bridgehead atoms. The van der Waals surface area contributed by atoms with E-state index in [2.05, 4.69) is 4.98 Å². The Morgan fingerprint density at radius 3 is 2.72 bits per heavy atom. The van der Waals surface area contributed by atoms with Gasteiger partial charge in [-0.25, -0.2) is 22.5 Å². The van der Waals surface area contributed by atoms with Crippen LogP contribution < -0.4 is 5.73 Å². The maximum Gasteiger partial charge on any atom is 0.224 e. The van der Waals surface area contributed by atoms with Crippen LogP contribution in [0.5, 0.6) is 0 Å². The van der Waals surface area contributed by atoms with Crippen LogP contribution in [0.15, 0.2) is 22.8 Å². The van der Waals surface area contributed by atoms with Crippen molar-refractivity contribution in [3.8, 4) is 0 Å². The molecule has 9 heteroatoms. The molecule has 2 N–H and O–H groups in total. The van der Waals surface area contributed by atoms with Crippen LogP contribution in [0.4, 0.5) is 17.6 Å². The Bertz CT molecular complexity index is 928. The van der Waals surface area contributed by atoms with Gasteiger partial charge in [0.1, 0.15) is 23.8 Å². The second-order valence-electron chi connectivity index (χ2n) is 7.81. The highest BCUT2D eigenvalue weighted by Gasteiger charge is 2.48. The molecule has 1 saturated carbocycles. The lowest BCUT2D eigenvalue weighted by atomic mass is 10.0. The van der Waals surface area contributed by atoms with Gasteiger partial charge in [0.2, 0.25) is 11.8 Å². The molecule has 0 spiro atoms. The van der Waals surface area contributed by atoms with Crippen LogP contribution in [0.3, 0.4) is 0 Å². The van der Waals surface area contributed by atoms with Crippen LogP contribution in [0.2, 0.25) is 0 Å². The fourth-order valence-corrected chi connectivity index (χ4v) is 3.75. The SMILES string of the molecule is N[C@@H](CC(=O)N1CCC[C@H]1c1nc(C2(F)CC2)co1)Cc1cc(F)c(F)cc1F. The molecule has 0 unspecified atom stereocenters. The van der Waals surface area contributed by atoms with Crippen molar-refractivity contribution in [1.29, 1.82) is 0 Å². The third-order valence-electron chi connectivity index (χ3n) is 5.54. The first-order valence-corrected chi connectivity index (χ1v) is 9.60. The Hall–Kier alpha value is -2.42. The highest BCUT2D eigenvalue weighted by atomic mass is 19.2. The quantitative estimate of drug-likeness (QED) is 0.582. The Kier molecular flexibility index (Phi) is 5.10. The zero-order valence-electron chi connectivity index (χ0n) is 15.6. The van der Waals surface area contributed by atoms with Crippen molar-refractivity contribution >= 4 is 5.91 Å². The van der Waals surface area contributed by atoms with Crippen molar-refractivity contribution < 1.29 is 26.8 Å². The number of nitrogens with zero attached hydrogens (tertiary/aromatic N) is 2. The number of aromatic nitrogens is 1. The Labute approximate surface area is 164 Å². The summed E-state index contributed by atoms with van der Waals surface area (Å²) in [6.07, 6.45) is 3.31. The van der Waals surface area contributed by atoms with Crippen LogP contribution in [-0.2, 0) is 16.9 Å². The number of hydrogen-bond donors (Lipinski definition) is 1.